The summed E-state index contributed by atoms with van der Waals surface area (Å²) in [5.74, 6) is 0. The van der Waals surface area contributed by atoms with E-state index in [1.165, 1.54) is 0 Å². The van der Waals surface area contributed by atoms with Gasteiger partial charge in [-0.3, -0.25) is 0 Å². The molecule has 0 spiro atoms. The summed E-state index contributed by atoms with van der Waals surface area (Å²) in [5, 5.41) is 0. The normalized spacial score (nSPS) is 21.6. The van der Waals surface area contributed by atoms with E-state index >= 15 is 0 Å². The van der Waals surface area contributed by atoms with Crippen molar-refractivity contribution in [3.8, 4) is 0 Å². The Morgan fingerprint density at radius 2 is 1.65 bits per heavy atom. The van der Waals surface area contributed by atoms with Crippen LogP contribution in [0, 0.1) is 0 Å². The molecule has 1 aliphatic rings. The molecular weight excluding hydrogens is 272 g/mol. The lowest BCUT2D eigenvalue weighted by atomic mass is 10.1. The van der Waals surface area contributed by atoms with Gasteiger partial charge in [0.25, 0.3) is 0 Å². The van der Waals surface area contributed by atoms with Gasteiger partial charge in [0.1, 0.15) is 0 Å². The third kappa shape index (κ3) is 2.35. The Kier molecular flexibility index (Phi) is 3.33. The summed E-state index contributed by atoms with van der Waals surface area (Å²) in [6.07, 6.45) is 0.693. The third-order valence-corrected chi connectivity index (χ3v) is 5.07. The van der Waals surface area contributed by atoms with Gasteiger partial charge in [-0.1, -0.05) is 42.5 Å². The van der Waals surface area contributed by atoms with Crippen molar-refractivity contribution in [3.63, 3.8) is 0 Å². The standard InChI is InChI=1S/C15H16N2O2S/c16-14-10-11-6-4-5-9-13(11)15(14)17-20(18,19)12-7-2-1-3-8-12/h1-9,14-15,17H,10,16H2. The number of nitrogens with one attached hydrogen (secondary N) is 1. The van der Waals surface area contributed by atoms with Crippen molar-refractivity contribution in [2.75, 3.05) is 0 Å². The first kappa shape index (κ1) is 13.3. The molecule has 0 amide bonds. The van der Waals surface area contributed by atoms with Crippen molar-refractivity contribution < 1.29 is 8.42 Å². The zero-order valence-electron chi connectivity index (χ0n) is 10.9. The highest BCUT2D eigenvalue weighted by molar-refractivity contribution is 7.89. The lowest BCUT2D eigenvalue weighted by Gasteiger charge is -2.18. The van der Waals surface area contributed by atoms with Crippen molar-refractivity contribution in [1.82, 2.24) is 4.72 Å². The Hall–Kier alpha value is -1.69. The number of hydrogen-bond donors (Lipinski definition) is 2. The first-order valence-corrected chi connectivity index (χ1v) is 7.97. The largest absolute Gasteiger partial charge is 0.326 e. The second-order valence-electron chi connectivity index (χ2n) is 4.98. The molecular formula is C15H16N2O2S. The molecule has 2 unspecified atom stereocenters. The van der Waals surface area contributed by atoms with Crippen molar-refractivity contribution in [1.29, 1.82) is 0 Å². The molecule has 0 aromatic heterocycles. The van der Waals surface area contributed by atoms with E-state index in [-0.39, 0.29) is 17.0 Å². The molecule has 104 valence electrons. The molecule has 2 aromatic carbocycles. The van der Waals surface area contributed by atoms with Gasteiger partial charge in [-0.05, 0) is 29.7 Å². The summed E-state index contributed by atoms with van der Waals surface area (Å²) in [6, 6.07) is 15.5. The van der Waals surface area contributed by atoms with E-state index in [2.05, 4.69) is 4.72 Å². The minimum Gasteiger partial charge on any atom is -0.326 e. The van der Waals surface area contributed by atoms with Gasteiger partial charge in [0, 0.05) is 6.04 Å². The molecule has 3 N–H and O–H groups in total. The van der Waals surface area contributed by atoms with E-state index in [1.807, 2.05) is 24.3 Å². The Morgan fingerprint density at radius 1 is 1.00 bits per heavy atom. The van der Waals surface area contributed by atoms with E-state index in [0.717, 1.165) is 11.1 Å². The Balaban J connectivity index is 1.92. The maximum absolute atomic E-state index is 12.4. The van der Waals surface area contributed by atoms with Crippen LogP contribution in [-0.2, 0) is 16.4 Å². The predicted molar refractivity (Wildman–Crippen MR) is 77.6 cm³/mol. The second-order valence-corrected chi connectivity index (χ2v) is 6.69. The van der Waals surface area contributed by atoms with Crippen molar-refractivity contribution in [3.05, 3.63) is 65.7 Å². The number of fused-ring (bicyclic) bond motifs is 1. The Bertz CT molecular complexity index is 714. The minimum absolute atomic E-state index is 0.231. The van der Waals surface area contributed by atoms with E-state index < -0.39 is 10.0 Å². The highest BCUT2D eigenvalue weighted by atomic mass is 32.2. The van der Waals surface area contributed by atoms with Crippen LogP contribution in [0.3, 0.4) is 0 Å². The number of nitrogens with two attached hydrogens (primary N) is 1. The average Bonchev–Trinajstić information content (AvgIpc) is 2.76. The second kappa shape index (κ2) is 5.01. The number of hydrogen-bond acceptors (Lipinski definition) is 3. The quantitative estimate of drug-likeness (QED) is 0.901. The summed E-state index contributed by atoms with van der Waals surface area (Å²) in [5.41, 5.74) is 8.17. The van der Waals surface area contributed by atoms with Crippen LogP contribution >= 0.6 is 0 Å². The maximum atomic E-state index is 12.4. The molecule has 0 bridgehead atoms. The van der Waals surface area contributed by atoms with Crippen LogP contribution in [0.15, 0.2) is 59.5 Å². The highest BCUT2D eigenvalue weighted by Crippen LogP contribution is 2.31. The fraction of sp³-hybridized carbons (Fsp3) is 0.200. The van der Waals surface area contributed by atoms with Gasteiger partial charge in [0.15, 0.2) is 0 Å². The van der Waals surface area contributed by atoms with Crippen LogP contribution in [0.5, 0.6) is 0 Å². The van der Waals surface area contributed by atoms with Crippen LogP contribution in [0.25, 0.3) is 0 Å². The smallest absolute Gasteiger partial charge is 0.241 e. The van der Waals surface area contributed by atoms with Gasteiger partial charge < -0.3 is 5.73 Å². The van der Waals surface area contributed by atoms with Gasteiger partial charge in [-0.25, -0.2) is 13.1 Å². The first-order valence-electron chi connectivity index (χ1n) is 6.49. The van der Waals surface area contributed by atoms with Crippen LogP contribution in [0.1, 0.15) is 17.2 Å². The van der Waals surface area contributed by atoms with Crippen LogP contribution in [-0.4, -0.2) is 14.5 Å². The fourth-order valence-electron chi connectivity index (χ4n) is 2.61. The topological polar surface area (TPSA) is 72.2 Å². The van der Waals surface area contributed by atoms with Gasteiger partial charge >= 0.3 is 0 Å². The van der Waals surface area contributed by atoms with Gasteiger partial charge in [0.05, 0.1) is 10.9 Å². The van der Waals surface area contributed by atoms with Crippen molar-refractivity contribution in [2.45, 2.75) is 23.4 Å². The fourth-order valence-corrected chi connectivity index (χ4v) is 3.90. The monoisotopic (exact) mass is 288 g/mol. The van der Waals surface area contributed by atoms with Gasteiger partial charge in [-0.15, -0.1) is 0 Å². The molecule has 3 rings (SSSR count). The highest BCUT2D eigenvalue weighted by Gasteiger charge is 2.33. The molecule has 20 heavy (non-hydrogen) atoms. The number of rotatable bonds is 3. The molecule has 5 heteroatoms. The first-order chi connectivity index (χ1) is 9.58. The molecule has 0 fully saturated rings. The summed E-state index contributed by atoms with van der Waals surface area (Å²) in [6.45, 7) is 0. The molecule has 0 aliphatic heterocycles. The summed E-state index contributed by atoms with van der Waals surface area (Å²) in [7, 11) is -3.55. The Labute approximate surface area is 118 Å². The van der Waals surface area contributed by atoms with E-state index in [9.17, 15) is 8.42 Å². The summed E-state index contributed by atoms with van der Waals surface area (Å²) in [4.78, 5) is 0.261. The molecule has 2 aromatic rings. The molecule has 1 aliphatic carbocycles. The Morgan fingerprint density at radius 3 is 2.40 bits per heavy atom. The molecule has 2 atom stereocenters. The minimum atomic E-state index is -3.55. The van der Waals surface area contributed by atoms with E-state index in [1.54, 1.807) is 30.3 Å². The van der Waals surface area contributed by atoms with E-state index in [0.29, 0.717) is 6.42 Å². The molecule has 0 heterocycles. The maximum Gasteiger partial charge on any atom is 0.241 e. The number of benzene rings is 2. The van der Waals surface area contributed by atoms with Crippen LogP contribution in [0.2, 0.25) is 0 Å². The summed E-state index contributed by atoms with van der Waals surface area (Å²) >= 11 is 0. The summed E-state index contributed by atoms with van der Waals surface area (Å²) < 4.78 is 27.5. The SMILES string of the molecule is NC1Cc2ccccc2C1NS(=O)(=O)c1ccccc1. The van der Waals surface area contributed by atoms with E-state index in [4.69, 9.17) is 5.73 Å². The van der Waals surface area contributed by atoms with Crippen LogP contribution < -0.4 is 10.5 Å². The lowest BCUT2D eigenvalue weighted by molar-refractivity contribution is 0.518. The molecule has 0 radical (unpaired) electrons. The zero-order chi connectivity index (χ0) is 14.2. The number of sulfonamides is 1. The predicted octanol–water partition coefficient (Wildman–Crippen LogP) is 1.59. The lowest BCUT2D eigenvalue weighted by Crippen LogP contribution is -2.38. The van der Waals surface area contributed by atoms with Crippen LogP contribution in [0.4, 0.5) is 0 Å². The van der Waals surface area contributed by atoms with Crippen molar-refractivity contribution in [2.24, 2.45) is 5.73 Å². The van der Waals surface area contributed by atoms with Crippen molar-refractivity contribution >= 4 is 10.0 Å². The molecule has 0 saturated carbocycles. The van der Waals surface area contributed by atoms with Gasteiger partial charge in [0.2, 0.25) is 10.0 Å². The van der Waals surface area contributed by atoms with Gasteiger partial charge in [-0.2, -0.15) is 0 Å². The molecule has 0 saturated heterocycles. The molecule has 4 nitrogen and oxygen atoms in total. The average molecular weight is 288 g/mol. The third-order valence-electron chi connectivity index (χ3n) is 3.61. The zero-order valence-corrected chi connectivity index (χ0v) is 11.7.